The van der Waals surface area contributed by atoms with Crippen LogP contribution in [0.15, 0.2) is 55.0 Å². The lowest BCUT2D eigenvalue weighted by Gasteiger charge is -2.16. The van der Waals surface area contributed by atoms with Crippen molar-refractivity contribution in [2.75, 3.05) is 5.73 Å². The van der Waals surface area contributed by atoms with Crippen LogP contribution in [0.3, 0.4) is 0 Å². The van der Waals surface area contributed by atoms with Gasteiger partial charge in [0.15, 0.2) is 11.6 Å². The first-order valence-electron chi connectivity index (χ1n) is 7.08. The molecule has 0 saturated carbocycles. The smallest absolute Gasteiger partial charge is 0.222 e. The van der Waals surface area contributed by atoms with Crippen molar-refractivity contribution in [3.63, 3.8) is 0 Å². The number of benzene rings is 1. The fraction of sp³-hybridized carbons (Fsp3) is 0.118. The molecule has 116 valence electrons. The van der Waals surface area contributed by atoms with Crippen molar-refractivity contribution in [3.8, 4) is 16.9 Å². The zero-order valence-corrected chi connectivity index (χ0v) is 13.2. The predicted molar refractivity (Wildman–Crippen MR) is 90.2 cm³/mol. The molecule has 0 aliphatic heterocycles. The Hall–Kier alpha value is -2.66. The molecule has 1 atom stereocenters. The molecule has 2 aromatic heterocycles. The van der Waals surface area contributed by atoms with Gasteiger partial charge in [-0.3, -0.25) is 0 Å². The van der Waals surface area contributed by atoms with E-state index in [1.54, 1.807) is 18.6 Å². The summed E-state index contributed by atoms with van der Waals surface area (Å²) in [5.41, 5.74) is 8.59. The number of aromatic nitrogens is 3. The molecule has 2 heterocycles. The lowest BCUT2D eigenvalue weighted by atomic mass is 10.1. The predicted octanol–water partition coefficient (Wildman–Crippen LogP) is 3.91. The largest absolute Gasteiger partial charge is 0.482 e. The number of hydrogen-bond acceptors (Lipinski definition) is 5. The van der Waals surface area contributed by atoms with E-state index in [4.69, 9.17) is 22.1 Å². The van der Waals surface area contributed by atoms with Crippen molar-refractivity contribution >= 4 is 17.4 Å². The third-order valence-corrected chi connectivity index (χ3v) is 3.60. The minimum atomic E-state index is -0.142. The van der Waals surface area contributed by atoms with Gasteiger partial charge >= 0.3 is 0 Å². The average Bonchev–Trinajstić information content (AvgIpc) is 2.58. The summed E-state index contributed by atoms with van der Waals surface area (Å²) in [6, 6.07) is 11.7. The van der Waals surface area contributed by atoms with E-state index in [9.17, 15) is 0 Å². The molecule has 0 spiro atoms. The van der Waals surface area contributed by atoms with Crippen molar-refractivity contribution in [1.82, 2.24) is 15.0 Å². The Morgan fingerprint density at radius 1 is 1.00 bits per heavy atom. The molecule has 0 fully saturated rings. The van der Waals surface area contributed by atoms with Gasteiger partial charge in [-0.15, -0.1) is 0 Å². The Morgan fingerprint density at radius 2 is 1.65 bits per heavy atom. The van der Waals surface area contributed by atoms with E-state index in [2.05, 4.69) is 15.0 Å². The van der Waals surface area contributed by atoms with Crippen LogP contribution in [-0.4, -0.2) is 15.0 Å². The number of pyridine rings is 1. The van der Waals surface area contributed by atoms with E-state index >= 15 is 0 Å². The molecule has 1 unspecified atom stereocenters. The Balaban J connectivity index is 1.87. The van der Waals surface area contributed by atoms with E-state index in [1.807, 2.05) is 43.3 Å². The minimum Gasteiger partial charge on any atom is -0.482 e. The van der Waals surface area contributed by atoms with Gasteiger partial charge in [0, 0.05) is 29.7 Å². The fourth-order valence-electron chi connectivity index (χ4n) is 2.15. The highest BCUT2D eigenvalue weighted by molar-refractivity contribution is 6.28. The molecule has 0 bridgehead atoms. The maximum atomic E-state index is 5.96. The minimum absolute atomic E-state index is 0.142. The van der Waals surface area contributed by atoms with E-state index in [0.717, 1.165) is 16.7 Å². The van der Waals surface area contributed by atoms with Crippen LogP contribution in [0.1, 0.15) is 18.6 Å². The van der Waals surface area contributed by atoms with Crippen molar-refractivity contribution < 1.29 is 4.74 Å². The van der Waals surface area contributed by atoms with Crippen molar-refractivity contribution in [1.29, 1.82) is 0 Å². The molecule has 0 aliphatic rings. The maximum Gasteiger partial charge on any atom is 0.222 e. The van der Waals surface area contributed by atoms with Gasteiger partial charge in [-0.1, -0.05) is 30.3 Å². The molecule has 0 radical (unpaired) electrons. The zero-order valence-electron chi connectivity index (χ0n) is 12.5. The summed E-state index contributed by atoms with van der Waals surface area (Å²) in [5.74, 6) is 0.861. The topological polar surface area (TPSA) is 73.9 Å². The van der Waals surface area contributed by atoms with Crippen LogP contribution in [0.4, 0.5) is 5.82 Å². The molecule has 0 amide bonds. The third kappa shape index (κ3) is 3.57. The molecule has 3 rings (SSSR count). The first kappa shape index (κ1) is 15.2. The van der Waals surface area contributed by atoms with Gasteiger partial charge in [-0.05, 0) is 30.2 Å². The molecular weight excluding hydrogens is 312 g/mol. The van der Waals surface area contributed by atoms with Crippen molar-refractivity contribution in [3.05, 3.63) is 65.8 Å². The fourth-order valence-corrected chi connectivity index (χ4v) is 2.25. The zero-order chi connectivity index (χ0) is 16.2. The summed E-state index contributed by atoms with van der Waals surface area (Å²) in [7, 11) is 0. The molecule has 1 aromatic carbocycles. The third-order valence-electron chi connectivity index (χ3n) is 3.41. The highest BCUT2D eigenvalue weighted by Gasteiger charge is 2.12. The normalized spacial score (nSPS) is 11.9. The van der Waals surface area contributed by atoms with Gasteiger partial charge in [0.05, 0.1) is 0 Å². The van der Waals surface area contributed by atoms with Crippen LogP contribution in [0, 0.1) is 0 Å². The average molecular weight is 327 g/mol. The monoisotopic (exact) mass is 326 g/mol. The van der Waals surface area contributed by atoms with Gasteiger partial charge in [0.25, 0.3) is 0 Å². The summed E-state index contributed by atoms with van der Waals surface area (Å²) in [5, 5.41) is 0.200. The van der Waals surface area contributed by atoms with E-state index < -0.39 is 0 Å². The number of hydrogen-bond donors (Lipinski definition) is 1. The number of nitrogens with zero attached hydrogens (tertiary/aromatic N) is 3. The highest BCUT2D eigenvalue weighted by atomic mass is 35.5. The molecule has 0 aliphatic carbocycles. The van der Waals surface area contributed by atoms with Gasteiger partial charge < -0.3 is 10.5 Å². The number of nitrogens with two attached hydrogens (primary N) is 1. The summed E-state index contributed by atoms with van der Waals surface area (Å²) >= 11 is 5.71. The Labute approximate surface area is 139 Å². The van der Waals surface area contributed by atoms with Crippen LogP contribution in [0.2, 0.25) is 5.28 Å². The SMILES string of the molecule is CC(Oc1cc(-c2cnc(Cl)nc2)cnc1N)c1ccccc1. The molecule has 6 heteroatoms. The molecule has 5 nitrogen and oxygen atoms in total. The van der Waals surface area contributed by atoms with Crippen LogP contribution in [0.5, 0.6) is 5.75 Å². The Morgan fingerprint density at radius 3 is 2.35 bits per heavy atom. The number of rotatable bonds is 4. The second kappa shape index (κ2) is 6.62. The summed E-state index contributed by atoms with van der Waals surface area (Å²) < 4.78 is 5.96. The van der Waals surface area contributed by atoms with Crippen LogP contribution >= 0.6 is 11.6 Å². The van der Waals surface area contributed by atoms with Gasteiger partial charge in [0.1, 0.15) is 6.10 Å². The standard InChI is InChI=1S/C17H15ClN4O/c1-11(12-5-3-2-4-6-12)23-15-7-13(8-20-16(15)19)14-9-21-17(18)22-10-14/h2-11H,1H3,(H2,19,20). The van der Waals surface area contributed by atoms with Gasteiger partial charge in [-0.2, -0.15) is 0 Å². The van der Waals surface area contributed by atoms with Crippen molar-refractivity contribution in [2.24, 2.45) is 0 Å². The number of anilines is 1. The summed E-state index contributed by atoms with van der Waals surface area (Å²) in [6.45, 7) is 1.97. The van der Waals surface area contributed by atoms with Gasteiger partial charge in [0.2, 0.25) is 5.28 Å². The number of nitrogen functional groups attached to an aromatic ring is 1. The second-order valence-electron chi connectivity index (χ2n) is 5.02. The number of ether oxygens (including phenoxy) is 1. The highest BCUT2D eigenvalue weighted by Crippen LogP contribution is 2.30. The van der Waals surface area contributed by atoms with Crippen LogP contribution in [0.25, 0.3) is 11.1 Å². The molecule has 23 heavy (non-hydrogen) atoms. The lowest BCUT2D eigenvalue weighted by Crippen LogP contribution is -2.06. The Bertz CT molecular complexity index is 793. The lowest BCUT2D eigenvalue weighted by molar-refractivity contribution is 0.228. The number of halogens is 1. The molecular formula is C17H15ClN4O. The van der Waals surface area contributed by atoms with E-state index in [0.29, 0.717) is 11.6 Å². The van der Waals surface area contributed by atoms with Crippen molar-refractivity contribution in [2.45, 2.75) is 13.0 Å². The van der Waals surface area contributed by atoms with Crippen LogP contribution in [-0.2, 0) is 0 Å². The molecule has 2 N–H and O–H groups in total. The molecule has 0 saturated heterocycles. The van der Waals surface area contributed by atoms with Crippen LogP contribution < -0.4 is 10.5 Å². The summed E-state index contributed by atoms with van der Waals surface area (Å²) in [6.07, 6.45) is 4.78. The second-order valence-corrected chi connectivity index (χ2v) is 5.36. The maximum absolute atomic E-state index is 5.96. The van der Waals surface area contributed by atoms with Gasteiger partial charge in [-0.25, -0.2) is 15.0 Å². The quantitative estimate of drug-likeness (QED) is 0.736. The first-order valence-corrected chi connectivity index (χ1v) is 7.46. The first-order chi connectivity index (χ1) is 11.1. The Kier molecular flexibility index (Phi) is 4.39. The van der Waals surface area contributed by atoms with E-state index in [1.165, 1.54) is 0 Å². The molecule has 3 aromatic rings. The summed E-state index contributed by atoms with van der Waals surface area (Å²) in [4.78, 5) is 12.1. The van der Waals surface area contributed by atoms with E-state index in [-0.39, 0.29) is 11.4 Å².